The van der Waals surface area contributed by atoms with Gasteiger partial charge in [-0.3, -0.25) is 14.3 Å². The minimum absolute atomic E-state index is 0.0301. The molecule has 1 aromatic heterocycles. The number of carbonyl (C=O) groups excluding carboxylic acids is 2. The number of nitrogens with zero attached hydrogens (tertiary/aromatic N) is 2. The van der Waals surface area contributed by atoms with Crippen LogP contribution in [0.1, 0.15) is 28.0 Å². The number of carbonyl (C=O) groups is 2. The molecule has 0 fully saturated rings. The largest absolute Gasteiger partial charge is 0.484 e. The molecule has 1 aliphatic carbocycles. The van der Waals surface area contributed by atoms with E-state index in [1.165, 1.54) is 41.1 Å². The smallest absolute Gasteiger partial charge is 0.422 e. The van der Waals surface area contributed by atoms with Crippen molar-refractivity contribution in [3.8, 4) is 22.8 Å². The molecule has 2 amide bonds. The van der Waals surface area contributed by atoms with E-state index in [9.17, 15) is 40.0 Å². The van der Waals surface area contributed by atoms with Crippen LogP contribution in [-0.2, 0) is 33.1 Å². The third-order valence-corrected chi connectivity index (χ3v) is 7.55. The summed E-state index contributed by atoms with van der Waals surface area (Å²) in [5, 5.41) is 9.94. The Morgan fingerprint density at radius 2 is 1.86 bits per heavy atom. The molecule has 5 rings (SSSR count). The minimum Gasteiger partial charge on any atom is -0.484 e. The van der Waals surface area contributed by atoms with Crippen molar-refractivity contribution in [3.05, 3.63) is 59.3 Å². The van der Waals surface area contributed by atoms with Gasteiger partial charge in [0.2, 0.25) is 5.91 Å². The van der Waals surface area contributed by atoms with E-state index in [0.29, 0.717) is 29.5 Å². The van der Waals surface area contributed by atoms with Crippen LogP contribution in [0.5, 0.6) is 11.5 Å². The number of sulfone groups is 1. The van der Waals surface area contributed by atoms with Crippen LogP contribution in [0.3, 0.4) is 0 Å². The molecule has 224 valence electrons. The molecule has 0 saturated carbocycles. The third-order valence-electron chi connectivity index (χ3n) is 6.77. The number of benzene rings is 2. The number of nitrogens with one attached hydrogen (secondary N) is 2. The van der Waals surface area contributed by atoms with Crippen LogP contribution >= 0.6 is 0 Å². The summed E-state index contributed by atoms with van der Waals surface area (Å²) in [5.41, 5.74) is 0.617. The number of hydrogen-bond donors (Lipinski definition) is 2. The maximum atomic E-state index is 13.5. The lowest BCUT2D eigenvalue weighted by atomic mass is 9.89. The summed E-state index contributed by atoms with van der Waals surface area (Å²) in [7, 11) is -3.72. The Bertz CT molecular complexity index is 1660. The van der Waals surface area contributed by atoms with Crippen LogP contribution in [0, 0.1) is 0 Å². The minimum atomic E-state index is -4.50. The van der Waals surface area contributed by atoms with Gasteiger partial charge >= 0.3 is 12.8 Å². The first kappa shape index (κ1) is 29.3. The summed E-state index contributed by atoms with van der Waals surface area (Å²) >= 11 is 0. The van der Waals surface area contributed by atoms with Crippen LogP contribution in [0.2, 0.25) is 0 Å². The second-order valence-electron chi connectivity index (χ2n) is 10.0. The Kier molecular flexibility index (Phi) is 7.37. The second kappa shape index (κ2) is 10.6. The monoisotopic (exact) mass is 614 g/mol. The summed E-state index contributed by atoms with van der Waals surface area (Å²) in [6.07, 6.45) is -2.82. The molecule has 2 aromatic carbocycles. The van der Waals surface area contributed by atoms with Gasteiger partial charge < -0.3 is 20.1 Å². The van der Waals surface area contributed by atoms with Gasteiger partial charge in [0.15, 0.2) is 22.1 Å². The van der Waals surface area contributed by atoms with Crippen molar-refractivity contribution in [3.63, 3.8) is 0 Å². The fraction of sp³-hybridized carbons (Fsp3) is 0.346. The van der Waals surface area contributed by atoms with Crippen LogP contribution in [0.15, 0.2) is 42.5 Å². The van der Waals surface area contributed by atoms with Crippen LogP contribution in [-0.4, -0.2) is 61.4 Å². The maximum Gasteiger partial charge on any atom is 0.422 e. The van der Waals surface area contributed by atoms with E-state index in [0.717, 1.165) is 6.26 Å². The zero-order valence-electron chi connectivity index (χ0n) is 21.8. The Labute approximate surface area is 235 Å². The molecule has 42 heavy (non-hydrogen) atoms. The summed E-state index contributed by atoms with van der Waals surface area (Å²) < 4.78 is 97.0. The highest BCUT2D eigenvalue weighted by Crippen LogP contribution is 2.44. The maximum absolute atomic E-state index is 13.5. The molecule has 0 saturated heterocycles. The number of amides is 2. The lowest BCUT2D eigenvalue weighted by molar-refractivity contribution is -0.153. The number of anilines is 1. The molecule has 1 spiro atoms. The van der Waals surface area contributed by atoms with Gasteiger partial charge in [0.1, 0.15) is 28.6 Å². The summed E-state index contributed by atoms with van der Waals surface area (Å²) in [6.45, 7) is -4.43. The molecule has 10 nitrogen and oxygen atoms in total. The first-order chi connectivity index (χ1) is 19.6. The molecule has 2 heterocycles. The van der Waals surface area contributed by atoms with Crippen molar-refractivity contribution < 1.29 is 49.4 Å². The number of hydrogen-bond acceptors (Lipinski definition) is 7. The fourth-order valence-electron chi connectivity index (χ4n) is 5.18. The van der Waals surface area contributed by atoms with Crippen molar-refractivity contribution in [1.82, 2.24) is 15.1 Å². The first-order valence-electron chi connectivity index (χ1n) is 12.4. The molecule has 2 aliphatic rings. The molecule has 0 bridgehead atoms. The van der Waals surface area contributed by atoms with Crippen molar-refractivity contribution in [1.29, 1.82) is 0 Å². The topological polar surface area (TPSA) is 129 Å². The highest BCUT2D eigenvalue weighted by atomic mass is 32.2. The molecule has 16 heteroatoms. The summed E-state index contributed by atoms with van der Waals surface area (Å²) in [5.74, 6) is -2.54. The van der Waals surface area contributed by atoms with E-state index in [2.05, 4.69) is 20.5 Å². The molecular formula is C26H23F5N4O6S. The van der Waals surface area contributed by atoms with Crippen LogP contribution in [0.4, 0.5) is 27.6 Å². The number of ether oxygens (including phenoxy) is 2. The average molecular weight is 615 g/mol. The van der Waals surface area contributed by atoms with Gasteiger partial charge in [-0.05, 0) is 60.4 Å². The Hall–Kier alpha value is -4.21. The number of rotatable bonds is 8. The normalized spacial score (nSPS) is 18.0. The molecule has 1 atom stereocenters. The molecule has 2 N–H and O–H groups in total. The summed E-state index contributed by atoms with van der Waals surface area (Å²) in [6, 6.07) is 9.72. The van der Waals surface area contributed by atoms with Gasteiger partial charge in [-0.25, -0.2) is 8.42 Å². The van der Waals surface area contributed by atoms with E-state index >= 15 is 0 Å². The molecule has 0 unspecified atom stereocenters. The Morgan fingerprint density at radius 3 is 2.50 bits per heavy atom. The van der Waals surface area contributed by atoms with Crippen LogP contribution in [0.25, 0.3) is 11.3 Å². The lowest BCUT2D eigenvalue weighted by Crippen LogP contribution is -2.52. The number of halogens is 5. The Balaban J connectivity index is 1.51. The average Bonchev–Trinajstić information content (AvgIpc) is 3.39. The highest BCUT2D eigenvalue weighted by Gasteiger charge is 2.46. The van der Waals surface area contributed by atoms with Crippen molar-refractivity contribution in [2.75, 3.05) is 23.9 Å². The molecule has 1 aliphatic heterocycles. The van der Waals surface area contributed by atoms with Gasteiger partial charge in [-0.2, -0.15) is 27.1 Å². The number of aryl methyl sites for hydroxylation is 1. The number of aromatic nitrogens is 2. The Morgan fingerprint density at radius 1 is 1.17 bits per heavy atom. The standard InChI is InChI=1S/C26H23F5N4O6S/c1-42(38,39)11-19(36)32-21-20(14-2-4-16(5-3-14)41-24(27)28)34-35-12-25(33-23(37)22(21)35)9-8-15-10-17(6-7-18(15)25)40-13-26(29,30)31/h2-7,10,24H,8-9,11-13H2,1H3,(H,32,36)(H,33,37)/t25-/m1/s1. The van der Waals surface area contributed by atoms with Crippen LogP contribution < -0.4 is 20.1 Å². The molecular weight excluding hydrogens is 591 g/mol. The van der Waals surface area contributed by atoms with Gasteiger partial charge in [0.05, 0.1) is 12.1 Å². The SMILES string of the molecule is CS(=O)(=O)CC(=O)Nc1c(-c2ccc(OC(F)F)cc2)nn2c1C(=O)N[C@]1(CCc3cc(OCC(F)(F)F)ccc31)C2. The lowest BCUT2D eigenvalue weighted by Gasteiger charge is -2.36. The zero-order valence-corrected chi connectivity index (χ0v) is 22.6. The van der Waals surface area contributed by atoms with E-state index < -0.39 is 52.3 Å². The van der Waals surface area contributed by atoms with Gasteiger partial charge in [0, 0.05) is 11.8 Å². The van der Waals surface area contributed by atoms with Gasteiger partial charge in [0.25, 0.3) is 5.91 Å². The van der Waals surface area contributed by atoms with Gasteiger partial charge in [-0.15, -0.1) is 0 Å². The van der Waals surface area contributed by atoms with E-state index in [1.807, 2.05) is 0 Å². The van der Waals surface area contributed by atoms with Crippen molar-refractivity contribution in [2.24, 2.45) is 0 Å². The molecule has 0 radical (unpaired) electrons. The quantitative estimate of drug-likeness (QED) is 0.371. The fourth-order valence-corrected chi connectivity index (χ4v) is 5.73. The van der Waals surface area contributed by atoms with Gasteiger partial charge in [-0.1, -0.05) is 6.07 Å². The van der Waals surface area contributed by atoms with E-state index in [-0.39, 0.29) is 35.1 Å². The van der Waals surface area contributed by atoms with E-state index in [4.69, 9.17) is 4.74 Å². The number of fused-ring (bicyclic) bond motifs is 3. The second-order valence-corrected chi connectivity index (χ2v) is 12.2. The summed E-state index contributed by atoms with van der Waals surface area (Å²) in [4.78, 5) is 26.1. The third kappa shape index (κ3) is 6.17. The highest BCUT2D eigenvalue weighted by molar-refractivity contribution is 7.91. The number of alkyl halides is 5. The van der Waals surface area contributed by atoms with Crippen molar-refractivity contribution in [2.45, 2.75) is 37.7 Å². The zero-order chi connectivity index (χ0) is 30.4. The predicted molar refractivity (Wildman–Crippen MR) is 138 cm³/mol. The predicted octanol–water partition coefficient (Wildman–Crippen LogP) is 3.66. The van der Waals surface area contributed by atoms with Crippen molar-refractivity contribution >= 4 is 27.3 Å². The molecule has 3 aromatic rings. The first-order valence-corrected chi connectivity index (χ1v) is 14.5. The van der Waals surface area contributed by atoms with E-state index in [1.54, 1.807) is 6.07 Å².